The fourth-order valence-corrected chi connectivity index (χ4v) is 2.73. The first-order valence-electron chi connectivity index (χ1n) is 8.96. The van der Waals surface area contributed by atoms with E-state index in [9.17, 15) is 0 Å². The summed E-state index contributed by atoms with van der Waals surface area (Å²) in [5, 5.41) is 7.99. The Bertz CT molecular complexity index is 834. The summed E-state index contributed by atoms with van der Waals surface area (Å²) in [5.41, 5.74) is 3.43. The first kappa shape index (κ1) is 21.1. The molecule has 0 amide bonds. The van der Waals surface area contributed by atoms with Crippen LogP contribution in [0.15, 0.2) is 70.3 Å². The number of hydrogen-bond acceptors (Lipinski definition) is 2. The van der Waals surface area contributed by atoms with Gasteiger partial charge >= 0.3 is 0 Å². The highest BCUT2D eigenvalue weighted by Gasteiger charge is 2.03. The van der Waals surface area contributed by atoms with Gasteiger partial charge in [0.25, 0.3) is 0 Å². The van der Waals surface area contributed by atoms with Crippen LogP contribution in [0.25, 0.3) is 10.9 Å². The number of furan rings is 1. The average Bonchev–Trinajstić information content (AvgIpc) is 3.28. The lowest BCUT2D eigenvalue weighted by molar-refractivity contribution is 0.507. The van der Waals surface area contributed by atoms with Gasteiger partial charge in [-0.25, -0.2) is 4.99 Å². The van der Waals surface area contributed by atoms with E-state index >= 15 is 0 Å². The summed E-state index contributed by atoms with van der Waals surface area (Å²) in [6.45, 7) is 8.08. The minimum atomic E-state index is 0. The maximum absolute atomic E-state index is 5.36. The molecule has 0 radical (unpaired) electrons. The fraction of sp³-hybridized carbons (Fsp3) is 0.286. The SMILES string of the molecule is C=C(C)CN=C(NCCc1cc2ccccc2[nH]1)NCCc1ccco1.I. The molecule has 0 aliphatic rings. The number of guanidine groups is 1. The number of aromatic amines is 1. The van der Waals surface area contributed by atoms with Gasteiger partial charge in [-0.3, -0.25) is 0 Å². The maximum Gasteiger partial charge on any atom is 0.191 e. The Labute approximate surface area is 177 Å². The highest BCUT2D eigenvalue weighted by molar-refractivity contribution is 14.0. The topological polar surface area (TPSA) is 65.3 Å². The van der Waals surface area contributed by atoms with Gasteiger partial charge in [0.05, 0.1) is 12.8 Å². The van der Waals surface area contributed by atoms with Crippen molar-refractivity contribution in [2.45, 2.75) is 19.8 Å². The second-order valence-corrected chi connectivity index (χ2v) is 6.44. The lowest BCUT2D eigenvalue weighted by Crippen LogP contribution is -2.39. The van der Waals surface area contributed by atoms with Gasteiger partial charge in [0, 0.05) is 37.1 Å². The van der Waals surface area contributed by atoms with E-state index in [0.29, 0.717) is 6.54 Å². The van der Waals surface area contributed by atoms with Crippen LogP contribution in [-0.4, -0.2) is 30.6 Å². The molecule has 0 aliphatic carbocycles. The predicted octanol–water partition coefficient (Wildman–Crippen LogP) is 4.28. The molecule has 0 aliphatic heterocycles. The molecule has 144 valence electrons. The Morgan fingerprint density at radius 2 is 1.89 bits per heavy atom. The number of H-pyrrole nitrogens is 1. The predicted molar refractivity (Wildman–Crippen MR) is 123 cm³/mol. The van der Waals surface area contributed by atoms with Gasteiger partial charge in [-0.1, -0.05) is 30.4 Å². The van der Waals surface area contributed by atoms with Crippen LogP contribution < -0.4 is 10.6 Å². The monoisotopic (exact) mass is 478 g/mol. The van der Waals surface area contributed by atoms with E-state index in [1.165, 1.54) is 16.6 Å². The summed E-state index contributed by atoms with van der Waals surface area (Å²) in [7, 11) is 0. The molecule has 5 nitrogen and oxygen atoms in total. The molecule has 0 saturated heterocycles. The number of benzene rings is 1. The van der Waals surface area contributed by atoms with E-state index in [1.54, 1.807) is 6.26 Å². The number of halogens is 1. The zero-order valence-electron chi connectivity index (χ0n) is 15.6. The van der Waals surface area contributed by atoms with E-state index in [-0.39, 0.29) is 24.0 Å². The number of hydrogen-bond donors (Lipinski definition) is 3. The molecule has 3 aromatic rings. The molecular weight excluding hydrogens is 451 g/mol. The van der Waals surface area contributed by atoms with E-state index in [0.717, 1.165) is 43.2 Å². The van der Waals surface area contributed by atoms with Crippen molar-refractivity contribution in [2.24, 2.45) is 4.99 Å². The summed E-state index contributed by atoms with van der Waals surface area (Å²) in [6, 6.07) is 14.4. The van der Waals surface area contributed by atoms with Gasteiger partial charge in [-0.2, -0.15) is 0 Å². The molecule has 6 heteroatoms. The second-order valence-electron chi connectivity index (χ2n) is 6.44. The van der Waals surface area contributed by atoms with E-state index < -0.39 is 0 Å². The molecule has 2 heterocycles. The Balaban J connectivity index is 0.00000261. The van der Waals surface area contributed by atoms with Crippen LogP contribution >= 0.6 is 24.0 Å². The summed E-state index contributed by atoms with van der Waals surface area (Å²) in [4.78, 5) is 8.02. The minimum Gasteiger partial charge on any atom is -0.469 e. The van der Waals surface area contributed by atoms with Crippen molar-refractivity contribution >= 4 is 40.8 Å². The summed E-state index contributed by atoms with van der Waals surface area (Å²) < 4.78 is 5.36. The highest BCUT2D eigenvalue weighted by atomic mass is 127. The highest BCUT2D eigenvalue weighted by Crippen LogP contribution is 2.14. The van der Waals surface area contributed by atoms with Crippen LogP contribution in [0.1, 0.15) is 18.4 Å². The van der Waals surface area contributed by atoms with Crippen molar-refractivity contribution in [1.82, 2.24) is 15.6 Å². The summed E-state index contributed by atoms with van der Waals surface area (Å²) in [5.74, 6) is 1.77. The molecule has 0 atom stereocenters. The molecule has 3 rings (SSSR count). The maximum atomic E-state index is 5.36. The molecule has 3 N–H and O–H groups in total. The number of fused-ring (bicyclic) bond motifs is 1. The third-order valence-corrected chi connectivity index (χ3v) is 4.02. The van der Waals surface area contributed by atoms with E-state index in [2.05, 4.69) is 51.5 Å². The molecule has 0 bridgehead atoms. The van der Waals surface area contributed by atoms with Crippen molar-refractivity contribution in [3.05, 3.63) is 72.3 Å². The lowest BCUT2D eigenvalue weighted by atomic mass is 10.2. The summed E-state index contributed by atoms with van der Waals surface area (Å²) in [6.07, 6.45) is 3.42. The largest absolute Gasteiger partial charge is 0.469 e. The molecule has 0 saturated carbocycles. The van der Waals surface area contributed by atoms with Gasteiger partial charge in [0.1, 0.15) is 5.76 Å². The average molecular weight is 478 g/mol. The van der Waals surface area contributed by atoms with E-state index in [1.807, 2.05) is 25.1 Å². The van der Waals surface area contributed by atoms with Crippen LogP contribution in [0.5, 0.6) is 0 Å². The molecular formula is C21H27IN4O. The quantitative estimate of drug-likeness (QED) is 0.196. The van der Waals surface area contributed by atoms with Crippen LogP contribution in [0.3, 0.4) is 0 Å². The summed E-state index contributed by atoms with van der Waals surface area (Å²) >= 11 is 0. The van der Waals surface area contributed by atoms with Crippen molar-refractivity contribution in [3.63, 3.8) is 0 Å². The van der Waals surface area contributed by atoms with Crippen molar-refractivity contribution < 1.29 is 4.42 Å². The zero-order chi connectivity index (χ0) is 18.2. The smallest absolute Gasteiger partial charge is 0.191 e. The van der Waals surface area contributed by atoms with Gasteiger partial charge in [-0.05, 0) is 36.6 Å². The third kappa shape index (κ3) is 6.78. The number of rotatable bonds is 8. The van der Waals surface area contributed by atoms with Crippen LogP contribution in [0.4, 0.5) is 0 Å². The van der Waals surface area contributed by atoms with Crippen molar-refractivity contribution in [1.29, 1.82) is 0 Å². The van der Waals surface area contributed by atoms with Gasteiger partial charge in [0.15, 0.2) is 5.96 Å². The fourth-order valence-electron chi connectivity index (χ4n) is 2.73. The Morgan fingerprint density at radius 3 is 2.59 bits per heavy atom. The van der Waals surface area contributed by atoms with Crippen molar-refractivity contribution in [2.75, 3.05) is 19.6 Å². The molecule has 0 unspecified atom stereocenters. The Hall–Kier alpha value is -2.22. The second kappa shape index (κ2) is 10.8. The van der Waals surface area contributed by atoms with Gasteiger partial charge < -0.3 is 20.0 Å². The van der Waals surface area contributed by atoms with Crippen LogP contribution in [-0.2, 0) is 12.8 Å². The first-order chi connectivity index (χ1) is 12.7. The first-order valence-corrected chi connectivity index (χ1v) is 8.96. The Kier molecular flexibility index (Phi) is 8.44. The molecule has 0 fully saturated rings. The van der Waals surface area contributed by atoms with Gasteiger partial charge in [-0.15, -0.1) is 24.0 Å². The number of nitrogens with one attached hydrogen (secondary N) is 3. The normalized spacial score (nSPS) is 11.2. The number of aromatic nitrogens is 1. The standard InChI is InChI=1S/C21H26N4O.HI/c1-16(2)15-24-21(23-12-10-19-7-5-13-26-19)22-11-9-18-14-17-6-3-4-8-20(17)25-18;/h3-8,13-14,25H,1,9-12,15H2,2H3,(H2,22,23,24);1H. The number of para-hydroxylation sites is 1. The molecule has 27 heavy (non-hydrogen) atoms. The van der Waals surface area contributed by atoms with Crippen molar-refractivity contribution in [3.8, 4) is 0 Å². The molecule has 0 spiro atoms. The third-order valence-electron chi connectivity index (χ3n) is 4.02. The Morgan fingerprint density at radius 1 is 1.11 bits per heavy atom. The minimum absolute atomic E-state index is 0. The zero-order valence-corrected chi connectivity index (χ0v) is 18.0. The molecule has 1 aromatic carbocycles. The lowest BCUT2D eigenvalue weighted by Gasteiger charge is -2.12. The molecule has 2 aromatic heterocycles. The van der Waals surface area contributed by atoms with Crippen LogP contribution in [0, 0.1) is 0 Å². The van der Waals surface area contributed by atoms with Gasteiger partial charge in [0.2, 0.25) is 0 Å². The number of nitrogens with zero attached hydrogens (tertiary/aromatic N) is 1. The van der Waals surface area contributed by atoms with E-state index in [4.69, 9.17) is 4.42 Å². The number of aliphatic imine (C=N–C) groups is 1. The van der Waals surface area contributed by atoms with Crippen LogP contribution in [0.2, 0.25) is 0 Å².